The first-order valence-corrected chi connectivity index (χ1v) is 13.1. The topological polar surface area (TPSA) is 155 Å². The monoisotopic (exact) mass is 524 g/mol. The lowest BCUT2D eigenvalue weighted by Crippen LogP contribution is -2.17. The molecule has 14 heteroatoms. The number of ether oxygens (including phenoxy) is 1. The predicted octanol–water partition coefficient (Wildman–Crippen LogP) is 2.92. The predicted molar refractivity (Wildman–Crippen MR) is 133 cm³/mol. The third-order valence-electron chi connectivity index (χ3n) is 4.87. The molecule has 0 radical (unpaired) electrons. The Morgan fingerprint density at radius 2 is 2.20 bits per heavy atom. The van der Waals surface area contributed by atoms with Gasteiger partial charge in [0.05, 0.1) is 12.5 Å². The normalized spacial score (nSPS) is 20.9. The lowest BCUT2D eigenvalue weighted by molar-refractivity contribution is -0.117. The number of phosphoric acid groups is 1. The zero-order chi connectivity index (χ0) is 26.0. The van der Waals surface area contributed by atoms with Crippen LogP contribution in [0, 0.1) is 23.7 Å². The molecule has 0 spiro atoms. The number of fused-ring (bicyclic) bond motifs is 1. The van der Waals surface area contributed by atoms with Gasteiger partial charge in [0.2, 0.25) is 5.95 Å². The zero-order valence-electron chi connectivity index (χ0n) is 20.2. The Kier molecular flexibility index (Phi) is 8.01. The van der Waals surface area contributed by atoms with Crippen LogP contribution in [0.1, 0.15) is 33.4 Å². The fourth-order valence-electron chi connectivity index (χ4n) is 3.15. The fourth-order valence-corrected chi connectivity index (χ4v) is 4.69. The van der Waals surface area contributed by atoms with Crippen LogP contribution in [0.5, 0.6) is 0 Å². The quantitative estimate of drug-likeness (QED) is 0.226. The van der Waals surface area contributed by atoms with E-state index in [-0.39, 0.29) is 35.6 Å². The smallest absolute Gasteiger partial charge is 0.470 e. The number of hydrogen-bond donors (Lipinski definition) is 2. The van der Waals surface area contributed by atoms with E-state index in [0.29, 0.717) is 17.0 Å². The van der Waals surface area contributed by atoms with Crippen LogP contribution in [0.15, 0.2) is 18.3 Å². The molecule has 190 valence electrons. The Morgan fingerprint density at radius 3 is 2.83 bits per heavy atom. The van der Waals surface area contributed by atoms with Crippen LogP contribution in [0.25, 0.3) is 11.2 Å². The van der Waals surface area contributed by atoms with Crippen LogP contribution < -0.4 is 10.6 Å². The molecular weight excluding hydrogens is 495 g/mol. The Labute approximate surface area is 207 Å². The van der Waals surface area contributed by atoms with Crippen LogP contribution >= 0.6 is 19.6 Å². The number of nitrogens with two attached hydrogens (primary N) is 1. The summed E-state index contributed by atoms with van der Waals surface area (Å²) in [6, 6.07) is 0. The van der Waals surface area contributed by atoms with Crippen molar-refractivity contribution in [3.05, 3.63) is 18.3 Å². The number of imidazole rings is 1. The van der Waals surface area contributed by atoms with Crippen molar-refractivity contribution in [1.82, 2.24) is 19.5 Å². The van der Waals surface area contributed by atoms with E-state index in [1.807, 2.05) is 14.1 Å². The largest absolute Gasteiger partial charge is 0.526 e. The first-order valence-electron chi connectivity index (χ1n) is 10.6. The number of hydrogen-bond acceptors (Lipinski definition) is 11. The molecule has 2 aromatic rings. The number of phosphoric ester groups is 1. The molecule has 3 rings (SSSR count). The molecule has 3 atom stereocenters. The van der Waals surface area contributed by atoms with Gasteiger partial charge < -0.3 is 19.9 Å². The molecule has 35 heavy (non-hydrogen) atoms. The third-order valence-corrected chi connectivity index (χ3v) is 7.00. The Hall–Kier alpha value is -2.78. The van der Waals surface area contributed by atoms with Crippen molar-refractivity contribution in [3.8, 4) is 12.3 Å². The lowest BCUT2D eigenvalue weighted by Gasteiger charge is -2.17. The van der Waals surface area contributed by atoms with Gasteiger partial charge >= 0.3 is 7.82 Å². The molecule has 0 aliphatic carbocycles. The van der Waals surface area contributed by atoms with Crippen LogP contribution in [0.4, 0.5) is 11.8 Å². The number of nitrogen functional groups attached to an aromatic ring is 1. The summed E-state index contributed by atoms with van der Waals surface area (Å²) in [5.74, 6) is 3.31. The van der Waals surface area contributed by atoms with Gasteiger partial charge in [-0.3, -0.25) is 18.8 Å². The summed E-state index contributed by atoms with van der Waals surface area (Å²) in [6.07, 6.45) is 7.81. The van der Waals surface area contributed by atoms with Gasteiger partial charge in [-0.05, 0) is 0 Å². The highest BCUT2D eigenvalue weighted by atomic mass is 32.2. The second-order valence-corrected chi connectivity index (χ2v) is 11.5. The van der Waals surface area contributed by atoms with Gasteiger partial charge in [-0.25, -0.2) is 9.55 Å². The minimum absolute atomic E-state index is 0.0422. The molecule has 2 aromatic heterocycles. The van der Waals surface area contributed by atoms with Crippen LogP contribution in [0.3, 0.4) is 0 Å². The average molecular weight is 525 g/mol. The van der Waals surface area contributed by atoms with Gasteiger partial charge in [0, 0.05) is 31.7 Å². The SMILES string of the molecule is C#C[C@H]1C/C(=C\OP(=O)(O)OCCSC(=O)C(C)(C)C)O[C@H]1n1cnc2c(N(C)C)nc(N)nc21. The van der Waals surface area contributed by atoms with Crippen LogP contribution in [0.2, 0.25) is 0 Å². The lowest BCUT2D eigenvalue weighted by atomic mass is 10.00. The van der Waals surface area contributed by atoms with Gasteiger partial charge in [0.15, 0.2) is 28.3 Å². The Balaban J connectivity index is 1.68. The van der Waals surface area contributed by atoms with Crippen molar-refractivity contribution < 1.29 is 28.0 Å². The van der Waals surface area contributed by atoms with Crippen molar-refractivity contribution in [2.24, 2.45) is 11.3 Å². The number of nitrogens with zero attached hydrogens (tertiary/aromatic N) is 5. The van der Waals surface area contributed by atoms with E-state index in [1.165, 1.54) is 6.33 Å². The number of carbonyl (C=O) groups excluding carboxylic acids is 1. The molecule has 1 unspecified atom stereocenters. The summed E-state index contributed by atoms with van der Waals surface area (Å²) in [6.45, 7) is 5.24. The number of anilines is 2. The highest BCUT2D eigenvalue weighted by Crippen LogP contribution is 2.46. The number of allylic oxidation sites excluding steroid dienone is 1. The third kappa shape index (κ3) is 6.46. The highest BCUT2D eigenvalue weighted by molar-refractivity contribution is 8.13. The van der Waals surface area contributed by atoms with Crippen molar-refractivity contribution in [3.63, 3.8) is 0 Å². The second kappa shape index (κ2) is 10.5. The number of thioether (sulfide) groups is 1. The molecule has 1 aliphatic rings. The van der Waals surface area contributed by atoms with Gasteiger partial charge in [0.1, 0.15) is 18.3 Å². The number of rotatable bonds is 8. The van der Waals surface area contributed by atoms with Crippen LogP contribution in [-0.4, -0.2) is 56.0 Å². The molecule has 1 saturated heterocycles. The maximum atomic E-state index is 12.2. The van der Waals surface area contributed by atoms with Crippen molar-refractivity contribution >= 4 is 47.6 Å². The molecule has 0 saturated carbocycles. The molecule has 1 fully saturated rings. The van der Waals surface area contributed by atoms with E-state index in [1.54, 1.807) is 30.2 Å². The standard InChI is InChI=1S/C21H29N6O6PS/c1-7-13-10-14(11-32-34(29,30)31-8-9-35-19(28)21(2,3)4)33-18(13)27-12-23-15-16(26(5)6)24-20(22)25-17(15)27/h1,11-13,18H,8-10H2,2-6H3,(H,29,30)(H2,22,24,25)/b14-11+/t13-,18+/m0/s1. The molecule has 3 N–H and O–H groups in total. The van der Waals surface area contributed by atoms with E-state index in [0.717, 1.165) is 18.0 Å². The van der Waals surface area contributed by atoms with E-state index in [2.05, 4.69) is 20.9 Å². The Bertz CT molecular complexity index is 1220. The first kappa shape index (κ1) is 26.8. The summed E-state index contributed by atoms with van der Waals surface area (Å²) >= 11 is 1.03. The summed E-state index contributed by atoms with van der Waals surface area (Å²) in [5, 5.41) is -0.0422. The summed E-state index contributed by atoms with van der Waals surface area (Å²) < 4.78 is 29.7. The molecular formula is C21H29N6O6PS. The number of carbonyl (C=O) groups is 1. The highest BCUT2D eigenvalue weighted by Gasteiger charge is 2.35. The summed E-state index contributed by atoms with van der Waals surface area (Å²) in [5.41, 5.74) is 6.32. The number of terminal acetylenes is 1. The molecule has 0 amide bonds. The van der Waals surface area contributed by atoms with Gasteiger partial charge in [-0.2, -0.15) is 9.97 Å². The molecule has 0 aromatic carbocycles. The number of aromatic nitrogens is 4. The minimum Gasteiger partial charge on any atom is -0.470 e. The van der Waals surface area contributed by atoms with E-state index >= 15 is 0 Å². The molecule has 3 heterocycles. The Morgan fingerprint density at radius 1 is 1.49 bits per heavy atom. The zero-order valence-corrected chi connectivity index (χ0v) is 21.9. The maximum Gasteiger partial charge on any atom is 0.526 e. The van der Waals surface area contributed by atoms with Gasteiger partial charge in [0.25, 0.3) is 0 Å². The van der Waals surface area contributed by atoms with Crippen molar-refractivity contribution in [2.75, 3.05) is 37.1 Å². The first-order chi connectivity index (χ1) is 16.3. The average Bonchev–Trinajstić information content (AvgIpc) is 3.37. The van der Waals surface area contributed by atoms with E-state index < -0.39 is 25.4 Å². The van der Waals surface area contributed by atoms with E-state index in [4.69, 9.17) is 25.9 Å². The minimum atomic E-state index is -4.41. The molecule has 1 aliphatic heterocycles. The molecule has 0 bridgehead atoms. The van der Waals surface area contributed by atoms with Gasteiger partial charge in [-0.15, -0.1) is 6.42 Å². The van der Waals surface area contributed by atoms with Crippen molar-refractivity contribution in [1.29, 1.82) is 0 Å². The summed E-state index contributed by atoms with van der Waals surface area (Å²) in [4.78, 5) is 36.5. The fraction of sp³-hybridized carbons (Fsp3) is 0.524. The summed E-state index contributed by atoms with van der Waals surface area (Å²) in [7, 11) is -0.790. The van der Waals surface area contributed by atoms with E-state index in [9.17, 15) is 14.3 Å². The van der Waals surface area contributed by atoms with Crippen molar-refractivity contribution in [2.45, 2.75) is 33.4 Å². The van der Waals surface area contributed by atoms with Gasteiger partial charge in [-0.1, -0.05) is 38.5 Å². The maximum absolute atomic E-state index is 12.2. The second-order valence-electron chi connectivity index (χ2n) is 8.99. The molecule has 12 nitrogen and oxygen atoms in total. The van der Waals surface area contributed by atoms with Crippen LogP contribution in [-0.2, 0) is 23.1 Å².